The number of cyclic esters (lactones) is 1. The number of H-pyrrole nitrogens is 1. The Balaban J connectivity index is 1.53. The van der Waals surface area contributed by atoms with Crippen molar-refractivity contribution in [2.75, 3.05) is 17.7 Å². The van der Waals surface area contributed by atoms with E-state index in [1.165, 1.54) is 30.5 Å². The van der Waals surface area contributed by atoms with Crippen LogP contribution in [-0.2, 0) is 16.1 Å². The SMILES string of the molecule is Nc1nc2ncc(CNc3ccc(C(=O)[C@]4([C@@H](O)CO)OC(=O)C(O)=C4O)cc3)nc2c(=O)[nH]1. The summed E-state index contributed by atoms with van der Waals surface area (Å²) in [5, 5.41) is 42.2. The lowest BCUT2D eigenvalue weighted by Gasteiger charge is -2.30. The molecule has 2 aromatic heterocycles. The number of nitrogens with one attached hydrogen (secondary N) is 2. The molecule has 3 aromatic rings. The van der Waals surface area contributed by atoms with Gasteiger partial charge < -0.3 is 36.2 Å². The number of hydrogen-bond acceptors (Lipinski definition) is 13. The number of nitrogens with two attached hydrogens (primary N) is 1. The predicted molar refractivity (Wildman–Crippen MR) is 115 cm³/mol. The number of carbonyl (C=O) groups is 2. The van der Waals surface area contributed by atoms with Crippen LogP contribution in [0.4, 0.5) is 11.6 Å². The zero-order valence-electron chi connectivity index (χ0n) is 17.2. The second-order valence-corrected chi connectivity index (χ2v) is 7.27. The molecule has 0 saturated carbocycles. The van der Waals surface area contributed by atoms with Crippen LogP contribution in [0.25, 0.3) is 11.2 Å². The Morgan fingerprint density at radius 2 is 1.91 bits per heavy atom. The molecule has 14 nitrogen and oxygen atoms in total. The summed E-state index contributed by atoms with van der Waals surface area (Å²) in [5.74, 6) is -4.96. The summed E-state index contributed by atoms with van der Waals surface area (Å²) in [6, 6.07) is 5.59. The third-order valence-corrected chi connectivity index (χ3v) is 5.11. The molecule has 0 unspecified atom stereocenters. The fraction of sp³-hybridized carbons (Fsp3) is 0.200. The van der Waals surface area contributed by atoms with Crippen LogP contribution >= 0.6 is 0 Å². The number of hydrogen-bond donors (Lipinski definition) is 7. The summed E-state index contributed by atoms with van der Waals surface area (Å²) < 4.78 is 4.79. The normalized spacial score (nSPS) is 18.7. The van der Waals surface area contributed by atoms with Crippen molar-refractivity contribution >= 4 is 34.6 Å². The van der Waals surface area contributed by atoms with Gasteiger partial charge in [-0.3, -0.25) is 14.6 Å². The van der Waals surface area contributed by atoms with Crippen LogP contribution in [0.15, 0.2) is 46.8 Å². The zero-order chi connectivity index (χ0) is 24.6. The molecule has 3 heterocycles. The highest BCUT2D eigenvalue weighted by Crippen LogP contribution is 2.36. The quantitative estimate of drug-likeness (QED) is 0.163. The van der Waals surface area contributed by atoms with Gasteiger partial charge in [0.25, 0.3) is 11.2 Å². The van der Waals surface area contributed by atoms with Crippen LogP contribution in [0.1, 0.15) is 16.1 Å². The van der Waals surface area contributed by atoms with E-state index in [0.717, 1.165) is 0 Å². The molecular formula is C20H18N6O8. The molecule has 4 rings (SSSR count). The number of ketones is 1. The maximum absolute atomic E-state index is 13.0. The number of nitrogens with zero attached hydrogens (tertiary/aromatic N) is 3. The number of nitrogen functional groups attached to an aromatic ring is 1. The molecule has 0 bridgehead atoms. The molecule has 0 fully saturated rings. The van der Waals surface area contributed by atoms with Crippen LogP contribution in [0.3, 0.4) is 0 Å². The first-order valence-corrected chi connectivity index (χ1v) is 9.72. The fourth-order valence-corrected chi connectivity index (χ4v) is 3.38. The van der Waals surface area contributed by atoms with Gasteiger partial charge in [-0.05, 0) is 24.3 Å². The number of esters is 1. The first kappa shape index (κ1) is 22.6. The van der Waals surface area contributed by atoms with Gasteiger partial charge in [0, 0.05) is 11.3 Å². The molecule has 8 N–H and O–H groups in total. The molecule has 0 saturated heterocycles. The zero-order valence-corrected chi connectivity index (χ0v) is 17.2. The standard InChI is InChI=1S/C20H18N6O8/c21-19-25-16-12(17(32)26-19)24-10(6-23-16)5-22-9-3-1-8(2-4-9)14(30)20(11(28)7-27)15(31)13(29)18(33)34-20/h1-4,6,11,22,27-29,31H,5,7H2,(H3,21,23,25,26,32)/t11-,20-/m0/s1. The molecule has 1 aliphatic heterocycles. The number of aromatic nitrogens is 4. The van der Waals surface area contributed by atoms with Gasteiger partial charge in [-0.15, -0.1) is 0 Å². The highest BCUT2D eigenvalue weighted by Gasteiger charge is 2.59. The van der Waals surface area contributed by atoms with Crippen LogP contribution in [0, 0.1) is 0 Å². The van der Waals surface area contributed by atoms with E-state index in [0.29, 0.717) is 11.4 Å². The van der Waals surface area contributed by atoms with Gasteiger partial charge in [0.1, 0.15) is 6.10 Å². The summed E-state index contributed by atoms with van der Waals surface area (Å²) in [7, 11) is 0. The molecule has 0 radical (unpaired) electrons. The Morgan fingerprint density at radius 1 is 1.21 bits per heavy atom. The summed E-state index contributed by atoms with van der Waals surface area (Å²) in [6.07, 6.45) is -0.610. The number of aliphatic hydroxyl groups is 4. The lowest BCUT2D eigenvalue weighted by atomic mass is 9.86. The number of aliphatic hydroxyl groups excluding tert-OH is 4. The molecule has 14 heteroatoms. The molecule has 2 atom stereocenters. The smallest absolute Gasteiger partial charge is 0.378 e. The Hall–Kier alpha value is -4.56. The van der Waals surface area contributed by atoms with E-state index < -0.39 is 47.1 Å². The minimum Gasteiger partial charge on any atom is -0.504 e. The first-order chi connectivity index (χ1) is 16.2. The molecule has 176 valence electrons. The van der Waals surface area contributed by atoms with E-state index in [9.17, 15) is 34.8 Å². The van der Waals surface area contributed by atoms with E-state index in [4.69, 9.17) is 10.5 Å². The monoisotopic (exact) mass is 470 g/mol. The Labute approximate surface area is 189 Å². The van der Waals surface area contributed by atoms with Crippen molar-refractivity contribution in [1.82, 2.24) is 19.9 Å². The van der Waals surface area contributed by atoms with Gasteiger partial charge in [0.05, 0.1) is 25.0 Å². The van der Waals surface area contributed by atoms with Crippen LogP contribution < -0.4 is 16.6 Å². The van der Waals surface area contributed by atoms with Crippen molar-refractivity contribution in [2.24, 2.45) is 0 Å². The maximum atomic E-state index is 13.0. The lowest BCUT2D eigenvalue weighted by molar-refractivity contribution is -0.156. The number of benzene rings is 1. The highest BCUT2D eigenvalue weighted by molar-refractivity contribution is 6.09. The number of ether oxygens (including phenoxy) is 1. The molecule has 1 aromatic carbocycles. The van der Waals surface area contributed by atoms with Gasteiger partial charge >= 0.3 is 5.97 Å². The number of rotatable bonds is 7. The second-order valence-electron chi connectivity index (χ2n) is 7.27. The van der Waals surface area contributed by atoms with E-state index in [-0.39, 0.29) is 29.2 Å². The number of fused-ring (bicyclic) bond motifs is 1. The van der Waals surface area contributed by atoms with E-state index in [1.807, 2.05) is 0 Å². The third-order valence-electron chi connectivity index (χ3n) is 5.11. The largest absolute Gasteiger partial charge is 0.504 e. The fourth-order valence-electron chi connectivity index (χ4n) is 3.38. The Morgan fingerprint density at radius 3 is 2.53 bits per heavy atom. The third kappa shape index (κ3) is 3.66. The minimum absolute atomic E-state index is 0.0180. The molecule has 34 heavy (non-hydrogen) atoms. The van der Waals surface area contributed by atoms with Gasteiger partial charge in [-0.25, -0.2) is 14.8 Å². The van der Waals surface area contributed by atoms with E-state index >= 15 is 0 Å². The topological polar surface area (TPSA) is 234 Å². The highest BCUT2D eigenvalue weighted by atomic mass is 16.6. The van der Waals surface area contributed by atoms with Crippen LogP contribution in [0.2, 0.25) is 0 Å². The predicted octanol–water partition coefficient (Wildman–Crippen LogP) is -0.933. The second kappa shape index (κ2) is 8.42. The van der Waals surface area contributed by atoms with Crippen LogP contribution in [-0.4, -0.2) is 70.4 Å². The number of Topliss-reactive ketones (excluding diaryl/α,β-unsaturated/α-hetero) is 1. The first-order valence-electron chi connectivity index (χ1n) is 9.72. The van der Waals surface area contributed by atoms with E-state index in [2.05, 4.69) is 25.3 Å². The number of anilines is 2. The van der Waals surface area contributed by atoms with E-state index in [1.54, 1.807) is 0 Å². The van der Waals surface area contributed by atoms with Crippen molar-refractivity contribution < 1.29 is 34.8 Å². The van der Waals surface area contributed by atoms with Gasteiger partial charge in [0.15, 0.2) is 16.9 Å². The lowest BCUT2D eigenvalue weighted by Crippen LogP contribution is -2.53. The minimum atomic E-state index is -2.67. The van der Waals surface area contributed by atoms with Gasteiger partial charge in [0.2, 0.25) is 17.5 Å². The number of aromatic amines is 1. The summed E-state index contributed by atoms with van der Waals surface area (Å²) >= 11 is 0. The molecule has 1 aliphatic rings. The van der Waals surface area contributed by atoms with Crippen molar-refractivity contribution in [1.29, 1.82) is 0 Å². The molecule has 0 spiro atoms. The summed E-state index contributed by atoms with van der Waals surface area (Å²) in [5.41, 5.74) is 3.23. The maximum Gasteiger partial charge on any atom is 0.378 e. The Kier molecular flexibility index (Phi) is 5.60. The van der Waals surface area contributed by atoms with Crippen molar-refractivity contribution in [3.63, 3.8) is 0 Å². The van der Waals surface area contributed by atoms with Gasteiger partial charge in [-0.1, -0.05) is 0 Å². The van der Waals surface area contributed by atoms with Crippen molar-refractivity contribution in [3.8, 4) is 0 Å². The Bertz CT molecular complexity index is 1390. The molecule has 0 aliphatic carbocycles. The van der Waals surface area contributed by atoms with Crippen molar-refractivity contribution in [3.05, 3.63) is 63.6 Å². The summed E-state index contributed by atoms with van der Waals surface area (Å²) in [4.78, 5) is 51.1. The summed E-state index contributed by atoms with van der Waals surface area (Å²) in [6.45, 7) is -0.879. The average Bonchev–Trinajstić information content (AvgIpc) is 3.07. The van der Waals surface area contributed by atoms with Gasteiger partial charge in [-0.2, -0.15) is 4.98 Å². The average molecular weight is 470 g/mol. The van der Waals surface area contributed by atoms with Crippen LogP contribution in [0.5, 0.6) is 0 Å². The molecular weight excluding hydrogens is 452 g/mol. The molecule has 0 amide bonds. The van der Waals surface area contributed by atoms with Crippen molar-refractivity contribution in [2.45, 2.75) is 18.2 Å². The number of carbonyl (C=O) groups excluding carboxylic acids is 2.